The zero-order valence-corrected chi connectivity index (χ0v) is 23.1. The van der Waals surface area contributed by atoms with E-state index >= 15 is 0 Å². The first-order valence-corrected chi connectivity index (χ1v) is 14.8. The van der Waals surface area contributed by atoms with Gasteiger partial charge in [-0.2, -0.15) is 0 Å². The van der Waals surface area contributed by atoms with Crippen molar-refractivity contribution in [2.45, 2.75) is 71.5 Å². The highest BCUT2D eigenvalue weighted by Crippen LogP contribution is 2.36. The zero-order chi connectivity index (χ0) is 27.3. The lowest BCUT2D eigenvalue weighted by Crippen LogP contribution is -2.53. The minimum absolute atomic E-state index is 0.0517. The summed E-state index contributed by atoms with van der Waals surface area (Å²) in [5.74, 6) is 0.0501. The maximum absolute atomic E-state index is 13.8. The molecule has 0 unspecified atom stereocenters. The third kappa shape index (κ3) is 6.59. The second-order valence-corrected chi connectivity index (χ2v) is 12.2. The van der Waals surface area contributed by atoms with Crippen LogP contribution < -0.4 is 19.1 Å². The minimum Gasteiger partial charge on any atom is -0.454 e. The summed E-state index contributed by atoms with van der Waals surface area (Å²) in [6.45, 7) is 4.99. The van der Waals surface area contributed by atoms with Crippen LogP contribution in [0.25, 0.3) is 0 Å². The molecule has 1 aliphatic carbocycles. The van der Waals surface area contributed by atoms with E-state index in [9.17, 15) is 18.0 Å². The van der Waals surface area contributed by atoms with Crippen LogP contribution in [-0.2, 0) is 26.2 Å². The molecule has 0 saturated heterocycles. The van der Waals surface area contributed by atoms with Gasteiger partial charge in [-0.05, 0) is 51.3 Å². The fourth-order valence-electron chi connectivity index (χ4n) is 4.92. The number of benzene rings is 2. The van der Waals surface area contributed by atoms with Gasteiger partial charge in [-0.25, -0.2) is 8.42 Å². The molecule has 1 atom stereocenters. The fourth-order valence-corrected chi connectivity index (χ4v) is 5.97. The highest BCUT2D eigenvalue weighted by atomic mass is 32.2. The smallest absolute Gasteiger partial charge is 0.244 e. The second-order valence-electron chi connectivity index (χ2n) is 9.97. The summed E-state index contributed by atoms with van der Waals surface area (Å²) < 4.78 is 38.1. The second kappa shape index (κ2) is 12.1. The molecule has 2 aromatic carbocycles. The third-order valence-electron chi connectivity index (χ3n) is 7.18. The highest BCUT2D eigenvalue weighted by molar-refractivity contribution is 7.92. The Bertz CT molecular complexity index is 1260. The van der Waals surface area contributed by atoms with Gasteiger partial charge in [0.05, 0.1) is 11.4 Å². The summed E-state index contributed by atoms with van der Waals surface area (Å²) in [5, 5.41) is 3.11. The number of ether oxygens (including phenoxy) is 2. The molecule has 1 fully saturated rings. The molecule has 4 rings (SSSR count). The number of hydrogen-bond donors (Lipinski definition) is 1. The lowest BCUT2D eigenvalue weighted by atomic mass is 9.95. The third-order valence-corrected chi connectivity index (χ3v) is 8.92. The standard InChI is InChI=1S/C28H37N3O6S/c1-4-38(34,35)31(24-13-14-25-26(16-24)37-19-36-25)18-27(32)30(17-22-10-8-9-20(2)15-22)21(3)28(33)29-23-11-6-5-7-12-23/h8-10,13-16,21,23H,4-7,11-12,17-19H2,1-3H3,(H,29,33)/t21-/m0/s1. The van der Waals surface area contributed by atoms with Crippen molar-refractivity contribution in [3.8, 4) is 11.5 Å². The van der Waals surface area contributed by atoms with Crippen LogP contribution in [0.1, 0.15) is 57.1 Å². The molecule has 0 aromatic heterocycles. The van der Waals surface area contributed by atoms with Crippen molar-refractivity contribution in [3.63, 3.8) is 0 Å². The first-order chi connectivity index (χ1) is 18.2. The van der Waals surface area contributed by atoms with Gasteiger partial charge in [-0.3, -0.25) is 13.9 Å². The molecule has 1 aliphatic heterocycles. The summed E-state index contributed by atoms with van der Waals surface area (Å²) >= 11 is 0. The van der Waals surface area contributed by atoms with Gasteiger partial charge in [0, 0.05) is 18.7 Å². The Morgan fingerprint density at radius 2 is 1.79 bits per heavy atom. The van der Waals surface area contributed by atoms with E-state index in [1.165, 1.54) is 18.2 Å². The molecule has 1 N–H and O–H groups in total. The van der Waals surface area contributed by atoms with Gasteiger partial charge in [0.2, 0.25) is 28.6 Å². The lowest BCUT2D eigenvalue weighted by Gasteiger charge is -2.33. The Kier molecular flexibility index (Phi) is 8.81. The van der Waals surface area contributed by atoms with Gasteiger partial charge in [0.25, 0.3) is 0 Å². The summed E-state index contributed by atoms with van der Waals surface area (Å²) in [5.41, 5.74) is 2.20. The van der Waals surface area contributed by atoms with Crippen molar-refractivity contribution in [1.82, 2.24) is 10.2 Å². The number of nitrogens with zero attached hydrogens (tertiary/aromatic N) is 2. The van der Waals surface area contributed by atoms with Crippen molar-refractivity contribution in [3.05, 3.63) is 53.6 Å². The van der Waals surface area contributed by atoms with Gasteiger partial charge < -0.3 is 19.7 Å². The molecular formula is C28H37N3O6S. The van der Waals surface area contributed by atoms with Crippen molar-refractivity contribution >= 4 is 27.5 Å². The van der Waals surface area contributed by atoms with Crippen molar-refractivity contribution < 1.29 is 27.5 Å². The molecule has 0 spiro atoms. The van der Waals surface area contributed by atoms with E-state index in [2.05, 4.69) is 5.32 Å². The number of aryl methyl sites for hydroxylation is 1. The summed E-state index contributed by atoms with van der Waals surface area (Å²) in [7, 11) is -3.82. The SMILES string of the molecule is CCS(=O)(=O)N(CC(=O)N(Cc1cccc(C)c1)[C@@H](C)C(=O)NC1CCCCC1)c1ccc2c(c1)OCO2. The molecule has 0 bridgehead atoms. The first kappa shape index (κ1) is 27.8. The number of hydrogen-bond acceptors (Lipinski definition) is 6. The Hall–Kier alpha value is -3.27. The fraction of sp³-hybridized carbons (Fsp3) is 0.500. The molecule has 0 radical (unpaired) electrons. The van der Waals surface area contributed by atoms with E-state index in [-0.39, 0.29) is 31.0 Å². The van der Waals surface area contributed by atoms with Crippen LogP contribution >= 0.6 is 0 Å². The summed E-state index contributed by atoms with van der Waals surface area (Å²) in [6, 6.07) is 11.8. The number of anilines is 1. The number of rotatable bonds is 10. The molecule has 1 saturated carbocycles. The van der Waals surface area contributed by atoms with Crippen LogP contribution in [-0.4, -0.2) is 56.3 Å². The van der Waals surface area contributed by atoms with Crippen LogP contribution in [0.4, 0.5) is 5.69 Å². The number of fused-ring (bicyclic) bond motifs is 1. The summed E-state index contributed by atoms with van der Waals surface area (Å²) in [6.07, 6.45) is 5.17. The quantitative estimate of drug-likeness (QED) is 0.490. The average Bonchev–Trinajstić information content (AvgIpc) is 3.38. The van der Waals surface area contributed by atoms with Crippen LogP contribution in [0.3, 0.4) is 0 Å². The molecule has 10 heteroatoms. The van der Waals surface area contributed by atoms with E-state index in [1.807, 2.05) is 31.2 Å². The van der Waals surface area contributed by atoms with Gasteiger partial charge in [-0.1, -0.05) is 49.1 Å². The van der Waals surface area contributed by atoms with Gasteiger partial charge in [0.15, 0.2) is 11.5 Å². The molecule has 38 heavy (non-hydrogen) atoms. The van der Waals surface area contributed by atoms with Gasteiger partial charge in [-0.15, -0.1) is 0 Å². The summed E-state index contributed by atoms with van der Waals surface area (Å²) in [4.78, 5) is 28.6. The van der Waals surface area contributed by atoms with E-state index in [1.54, 1.807) is 25.1 Å². The van der Waals surface area contributed by atoms with Crippen LogP contribution in [0.5, 0.6) is 11.5 Å². The predicted octanol–water partition coefficient (Wildman–Crippen LogP) is 3.75. The molecule has 206 valence electrons. The Balaban J connectivity index is 1.61. The molecule has 1 heterocycles. The lowest BCUT2D eigenvalue weighted by molar-refractivity contribution is -0.139. The number of carbonyl (C=O) groups excluding carboxylic acids is 2. The van der Waals surface area contributed by atoms with E-state index in [4.69, 9.17) is 9.47 Å². The Morgan fingerprint density at radius 1 is 1.05 bits per heavy atom. The van der Waals surface area contributed by atoms with E-state index in [0.29, 0.717) is 17.2 Å². The Morgan fingerprint density at radius 3 is 2.50 bits per heavy atom. The molecule has 9 nitrogen and oxygen atoms in total. The number of carbonyl (C=O) groups is 2. The predicted molar refractivity (Wildman–Crippen MR) is 146 cm³/mol. The maximum Gasteiger partial charge on any atom is 0.244 e. The monoisotopic (exact) mass is 543 g/mol. The first-order valence-electron chi connectivity index (χ1n) is 13.2. The van der Waals surface area contributed by atoms with Crippen molar-refractivity contribution in [2.75, 3.05) is 23.4 Å². The number of nitrogens with one attached hydrogen (secondary N) is 1. The molecule has 2 aliphatic rings. The van der Waals surface area contributed by atoms with Crippen LogP contribution in [0, 0.1) is 6.92 Å². The van der Waals surface area contributed by atoms with Crippen LogP contribution in [0.15, 0.2) is 42.5 Å². The van der Waals surface area contributed by atoms with E-state index in [0.717, 1.165) is 41.1 Å². The number of sulfonamides is 1. The largest absolute Gasteiger partial charge is 0.454 e. The van der Waals surface area contributed by atoms with Gasteiger partial charge in [0.1, 0.15) is 12.6 Å². The Labute approximate surface area is 225 Å². The highest BCUT2D eigenvalue weighted by Gasteiger charge is 2.32. The zero-order valence-electron chi connectivity index (χ0n) is 22.3. The molecular weight excluding hydrogens is 506 g/mol. The van der Waals surface area contributed by atoms with Gasteiger partial charge >= 0.3 is 0 Å². The van der Waals surface area contributed by atoms with Crippen molar-refractivity contribution in [1.29, 1.82) is 0 Å². The maximum atomic E-state index is 13.8. The average molecular weight is 544 g/mol. The van der Waals surface area contributed by atoms with E-state index < -0.39 is 28.5 Å². The topological polar surface area (TPSA) is 105 Å². The number of amides is 2. The normalized spacial score (nSPS) is 16.1. The molecule has 2 amide bonds. The molecule has 2 aromatic rings. The van der Waals surface area contributed by atoms with Crippen LogP contribution in [0.2, 0.25) is 0 Å². The van der Waals surface area contributed by atoms with Crippen molar-refractivity contribution in [2.24, 2.45) is 0 Å². The minimum atomic E-state index is -3.82.